The summed E-state index contributed by atoms with van der Waals surface area (Å²) in [4.78, 5) is 4.70. The molecule has 2 heterocycles. The van der Waals surface area contributed by atoms with E-state index in [1.165, 1.54) is 11.1 Å². The maximum Gasteiger partial charge on any atom is 0.139 e. The van der Waals surface area contributed by atoms with E-state index in [0.29, 0.717) is 0 Å². The zero-order chi connectivity index (χ0) is 16.2. The molecule has 0 saturated carbocycles. The Morgan fingerprint density at radius 3 is 2.91 bits per heavy atom. The van der Waals surface area contributed by atoms with Gasteiger partial charge in [0.15, 0.2) is 0 Å². The first kappa shape index (κ1) is 15.7. The van der Waals surface area contributed by atoms with Crippen molar-refractivity contribution in [1.29, 1.82) is 0 Å². The molecule has 0 aliphatic rings. The van der Waals surface area contributed by atoms with Gasteiger partial charge < -0.3 is 14.8 Å². The third-order valence-corrected chi connectivity index (χ3v) is 4.19. The molecule has 0 amide bonds. The molecule has 3 rings (SSSR count). The number of nitrogens with zero attached hydrogens (tertiary/aromatic N) is 2. The highest BCUT2D eigenvalue weighted by atomic mass is 16.3. The molecule has 0 fully saturated rings. The van der Waals surface area contributed by atoms with E-state index in [-0.39, 0.29) is 12.6 Å². The van der Waals surface area contributed by atoms with Crippen LogP contribution in [0.2, 0.25) is 0 Å². The number of aliphatic hydroxyl groups excluding tert-OH is 1. The summed E-state index contributed by atoms with van der Waals surface area (Å²) in [6.07, 6.45) is 5.03. The summed E-state index contributed by atoms with van der Waals surface area (Å²) in [6, 6.07) is 12.4. The fraction of sp³-hybridized carbons (Fsp3) is 0.316. The van der Waals surface area contributed by atoms with E-state index < -0.39 is 0 Å². The first-order chi connectivity index (χ1) is 11.2. The lowest BCUT2D eigenvalue weighted by Gasteiger charge is -2.14. The average Bonchev–Trinajstić information content (AvgIpc) is 2.99. The topological polar surface area (TPSA) is 49.6 Å². The fourth-order valence-electron chi connectivity index (χ4n) is 2.82. The third kappa shape index (κ3) is 3.60. The van der Waals surface area contributed by atoms with E-state index >= 15 is 0 Å². The Bertz CT molecular complexity index is 794. The lowest BCUT2D eigenvalue weighted by atomic mass is 10.1. The number of hydrogen-bond donors (Lipinski definition) is 2. The number of hydrogen-bond acceptors (Lipinski definition) is 3. The fourth-order valence-corrected chi connectivity index (χ4v) is 2.82. The summed E-state index contributed by atoms with van der Waals surface area (Å²) in [5, 5.41) is 12.8. The van der Waals surface area contributed by atoms with Crippen molar-refractivity contribution in [2.75, 3.05) is 6.54 Å². The standard InChI is InChI=1S/C19H23N3O/c1-14-5-4-10-22-12-18(21-19(14)22)8-9-20-15(2)17-7-3-6-16(11-17)13-23/h3-7,10-12,15,20,23H,8-9,13H2,1-2H3. The Balaban J connectivity index is 1.60. The van der Waals surface area contributed by atoms with E-state index in [2.05, 4.69) is 41.9 Å². The molecule has 2 aromatic heterocycles. The van der Waals surface area contributed by atoms with Crippen LogP contribution in [-0.2, 0) is 13.0 Å². The molecule has 1 unspecified atom stereocenters. The highest BCUT2D eigenvalue weighted by Gasteiger charge is 2.07. The Morgan fingerprint density at radius 2 is 2.13 bits per heavy atom. The van der Waals surface area contributed by atoms with Gasteiger partial charge in [-0.2, -0.15) is 0 Å². The van der Waals surface area contributed by atoms with Gasteiger partial charge in [0.1, 0.15) is 5.65 Å². The minimum absolute atomic E-state index is 0.0845. The summed E-state index contributed by atoms with van der Waals surface area (Å²) < 4.78 is 2.08. The minimum atomic E-state index is 0.0845. The predicted molar refractivity (Wildman–Crippen MR) is 92.4 cm³/mol. The van der Waals surface area contributed by atoms with Gasteiger partial charge in [0, 0.05) is 31.4 Å². The normalized spacial score (nSPS) is 12.7. The second kappa shape index (κ2) is 6.94. The van der Waals surface area contributed by atoms with Crippen LogP contribution < -0.4 is 5.32 Å². The Hall–Kier alpha value is -2.17. The van der Waals surface area contributed by atoms with Crippen molar-refractivity contribution in [3.05, 3.63) is 71.2 Å². The van der Waals surface area contributed by atoms with Gasteiger partial charge >= 0.3 is 0 Å². The first-order valence-corrected chi connectivity index (χ1v) is 8.03. The monoisotopic (exact) mass is 309 g/mol. The van der Waals surface area contributed by atoms with Gasteiger partial charge in [-0.15, -0.1) is 0 Å². The average molecular weight is 309 g/mol. The van der Waals surface area contributed by atoms with E-state index in [1.54, 1.807) is 0 Å². The maximum absolute atomic E-state index is 9.23. The molecule has 120 valence electrons. The summed E-state index contributed by atoms with van der Waals surface area (Å²) in [6.45, 7) is 5.18. The van der Waals surface area contributed by atoms with Crippen molar-refractivity contribution < 1.29 is 5.11 Å². The minimum Gasteiger partial charge on any atom is -0.392 e. The van der Waals surface area contributed by atoms with Gasteiger partial charge in [-0.1, -0.05) is 30.3 Å². The second-order valence-electron chi connectivity index (χ2n) is 5.98. The Morgan fingerprint density at radius 1 is 1.26 bits per heavy atom. The number of fused-ring (bicyclic) bond motifs is 1. The van der Waals surface area contributed by atoms with E-state index in [4.69, 9.17) is 4.98 Å². The smallest absolute Gasteiger partial charge is 0.139 e. The summed E-state index contributed by atoms with van der Waals surface area (Å²) in [5.74, 6) is 0. The molecule has 23 heavy (non-hydrogen) atoms. The molecule has 4 nitrogen and oxygen atoms in total. The summed E-state index contributed by atoms with van der Waals surface area (Å²) >= 11 is 0. The molecule has 2 N–H and O–H groups in total. The highest BCUT2D eigenvalue weighted by molar-refractivity contribution is 5.47. The zero-order valence-corrected chi connectivity index (χ0v) is 13.7. The van der Waals surface area contributed by atoms with Gasteiger partial charge in [-0.25, -0.2) is 4.98 Å². The lowest BCUT2D eigenvalue weighted by molar-refractivity contribution is 0.281. The highest BCUT2D eigenvalue weighted by Crippen LogP contribution is 2.15. The molecule has 0 radical (unpaired) electrons. The molecule has 0 aliphatic heterocycles. The molecular weight excluding hydrogens is 286 g/mol. The predicted octanol–water partition coefficient (Wildman–Crippen LogP) is 3.03. The van der Waals surface area contributed by atoms with Crippen LogP contribution in [-0.4, -0.2) is 21.0 Å². The zero-order valence-electron chi connectivity index (χ0n) is 13.7. The van der Waals surface area contributed by atoms with Crippen LogP contribution in [0.3, 0.4) is 0 Å². The van der Waals surface area contributed by atoms with Crippen LogP contribution in [0.5, 0.6) is 0 Å². The number of aryl methyl sites for hydroxylation is 1. The van der Waals surface area contributed by atoms with Crippen molar-refractivity contribution in [2.45, 2.75) is 32.9 Å². The molecule has 3 aromatic rings. The molecule has 0 saturated heterocycles. The van der Waals surface area contributed by atoms with E-state index in [1.807, 2.05) is 30.5 Å². The number of rotatable bonds is 6. The van der Waals surface area contributed by atoms with E-state index in [0.717, 1.165) is 29.9 Å². The Labute approximate surface area is 136 Å². The Kier molecular flexibility index (Phi) is 4.74. The number of imidazole rings is 1. The molecule has 0 aliphatic carbocycles. The van der Waals surface area contributed by atoms with Crippen molar-refractivity contribution in [1.82, 2.24) is 14.7 Å². The molecular formula is C19H23N3O. The molecule has 1 aromatic carbocycles. The van der Waals surface area contributed by atoms with Crippen molar-refractivity contribution >= 4 is 5.65 Å². The number of nitrogens with one attached hydrogen (secondary N) is 1. The van der Waals surface area contributed by atoms with Crippen LogP contribution in [0, 0.1) is 6.92 Å². The second-order valence-corrected chi connectivity index (χ2v) is 5.98. The summed E-state index contributed by atoms with van der Waals surface area (Å²) in [5.41, 5.74) is 5.48. The first-order valence-electron chi connectivity index (χ1n) is 8.03. The SMILES string of the molecule is Cc1cccn2cc(CCNC(C)c3cccc(CO)c3)nc12. The number of aromatic nitrogens is 2. The molecule has 0 spiro atoms. The van der Waals surface area contributed by atoms with Crippen molar-refractivity contribution in [2.24, 2.45) is 0 Å². The van der Waals surface area contributed by atoms with Crippen molar-refractivity contribution in [3.63, 3.8) is 0 Å². The number of pyridine rings is 1. The van der Waals surface area contributed by atoms with E-state index in [9.17, 15) is 5.11 Å². The largest absolute Gasteiger partial charge is 0.392 e. The van der Waals surface area contributed by atoms with Gasteiger partial charge in [-0.3, -0.25) is 0 Å². The third-order valence-electron chi connectivity index (χ3n) is 4.19. The summed E-state index contributed by atoms with van der Waals surface area (Å²) in [7, 11) is 0. The lowest BCUT2D eigenvalue weighted by Crippen LogP contribution is -2.21. The quantitative estimate of drug-likeness (QED) is 0.736. The number of benzene rings is 1. The molecule has 4 heteroatoms. The number of aliphatic hydroxyl groups is 1. The molecule has 0 bridgehead atoms. The van der Waals surface area contributed by atoms with Crippen LogP contribution >= 0.6 is 0 Å². The van der Waals surface area contributed by atoms with Gasteiger partial charge in [0.05, 0.1) is 12.3 Å². The van der Waals surface area contributed by atoms with Gasteiger partial charge in [-0.05, 0) is 36.6 Å². The molecule has 1 atom stereocenters. The van der Waals surface area contributed by atoms with Crippen LogP contribution in [0.25, 0.3) is 5.65 Å². The van der Waals surface area contributed by atoms with Gasteiger partial charge in [0.2, 0.25) is 0 Å². The van der Waals surface area contributed by atoms with Crippen LogP contribution in [0.1, 0.15) is 35.3 Å². The van der Waals surface area contributed by atoms with Crippen molar-refractivity contribution in [3.8, 4) is 0 Å². The van der Waals surface area contributed by atoms with Gasteiger partial charge in [0.25, 0.3) is 0 Å². The van der Waals surface area contributed by atoms with Crippen LogP contribution in [0.15, 0.2) is 48.8 Å². The maximum atomic E-state index is 9.23. The van der Waals surface area contributed by atoms with Crippen LogP contribution in [0.4, 0.5) is 0 Å².